The zero-order valence-corrected chi connectivity index (χ0v) is 8.86. The van der Waals surface area contributed by atoms with Crippen LogP contribution in [0, 0.1) is 0 Å². The number of hydrogen-bond donors (Lipinski definition) is 1. The molecular formula is C11H18N2O. The number of piperazine rings is 1. The molecular weight excluding hydrogens is 176 g/mol. The highest BCUT2D eigenvalue weighted by atomic mass is 16.2. The minimum atomic E-state index is 0.108. The van der Waals surface area contributed by atoms with Gasteiger partial charge >= 0.3 is 0 Å². The zero-order valence-electron chi connectivity index (χ0n) is 8.86. The fourth-order valence-electron chi connectivity index (χ4n) is 1.51. The Morgan fingerprint density at radius 1 is 1.50 bits per heavy atom. The summed E-state index contributed by atoms with van der Waals surface area (Å²) in [6, 6.07) is 0.298. The molecule has 0 aromatic heterocycles. The van der Waals surface area contributed by atoms with E-state index in [4.69, 9.17) is 0 Å². The topological polar surface area (TPSA) is 32.3 Å². The van der Waals surface area contributed by atoms with E-state index in [1.54, 1.807) is 12.2 Å². The van der Waals surface area contributed by atoms with Crippen LogP contribution in [0.5, 0.6) is 0 Å². The monoisotopic (exact) mass is 194 g/mol. The van der Waals surface area contributed by atoms with Gasteiger partial charge in [-0.25, -0.2) is 0 Å². The van der Waals surface area contributed by atoms with Gasteiger partial charge < -0.3 is 10.2 Å². The molecule has 0 bridgehead atoms. The van der Waals surface area contributed by atoms with Crippen LogP contribution < -0.4 is 5.32 Å². The van der Waals surface area contributed by atoms with E-state index >= 15 is 0 Å². The maximum Gasteiger partial charge on any atom is 0.246 e. The molecule has 14 heavy (non-hydrogen) atoms. The second-order valence-electron chi connectivity index (χ2n) is 3.47. The van der Waals surface area contributed by atoms with Gasteiger partial charge in [0.05, 0.1) is 0 Å². The molecule has 78 valence electrons. The van der Waals surface area contributed by atoms with Crippen LogP contribution in [0.25, 0.3) is 0 Å². The number of carbonyl (C=O) groups is 1. The number of nitrogens with zero attached hydrogens (tertiary/aromatic N) is 1. The van der Waals surface area contributed by atoms with Crippen LogP contribution in [0.3, 0.4) is 0 Å². The van der Waals surface area contributed by atoms with Crippen LogP contribution in [-0.2, 0) is 4.79 Å². The third kappa shape index (κ3) is 3.00. The van der Waals surface area contributed by atoms with Gasteiger partial charge in [-0.1, -0.05) is 18.2 Å². The second-order valence-corrected chi connectivity index (χ2v) is 3.47. The number of hydrogen-bond acceptors (Lipinski definition) is 2. The fourth-order valence-corrected chi connectivity index (χ4v) is 1.51. The lowest BCUT2D eigenvalue weighted by molar-refractivity contribution is -0.128. The van der Waals surface area contributed by atoms with Crippen molar-refractivity contribution >= 4 is 5.91 Å². The van der Waals surface area contributed by atoms with Gasteiger partial charge in [-0.15, -0.1) is 0 Å². The van der Waals surface area contributed by atoms with Crippen molar-refractivity contribution in [2.24, 2.45) is 0 Å². The van der Waals surface area contributed by atoms with Crippen molar-refractivity contribution in [3.05, 3.63) is 24.3 Å². The molecule has 0 aromatic rings. The van der Waals surface area contributed by atoms with Gasteiger partial charge in [0.25, 0.3) is 0 Å². The summed E-state index contributed by atoms with van der Waals surface area (Å²) in [5.41, 5.74) is 0. The number of amides is 1. The second kappa shape index (κ2) is 5.60. The molecule has 1 aliphatic rings. The van der Waals surface area contributed by atoms with Crippen molar-refractivity contribution in [2.45, 2.75) is 19.9 Å². The van der Waals surface area contributed by atoms with Gasteiger partial charge in [-0.3, -0.25) is 4.79 Å². The SMILES string of the molecule is C/C=C/C=C/C(=O)N1CCNCC1C. The molecule has 0 aromatic carbocycles. The number of nitrogens with one attached hydrogen (secondary N) is 1. The van der Waals surface area contributed by atoms with Gasteiger partial charge in [0.1, 0.15) is 0 Å². The Kier molecular flexibility index (Phi) is 4.40. The molecule has 0 saturated carbocycles. The first-order valence-electron chi connectivity index (χ1n) is 5.06. The summed E-state index contributed by atoms with van der Waals surface area (Å²) in [6.07, 6.45) is 7.19. The molecule has 0 radical (unpaired) electrons. The van der Waals surface area contributed by atoms with E-state index in [9.17, 15) is 4.79 Å². The summed E-state index contributed by atoms with van der Waals surface area (Å²) in [4.78, 5) is 13.6. The van der Waals surface area contributed by atoms with Gasteiger partial charge in [0.2, 0.25) is 5.91 Å². The van der Waals surface area contributed by atoms with Gasteiger partial charge in [0, 0.05) is 31.8 Å². The predicted molar refractivity (Wildman–Crippen MR) is 58.0 cm³/mol. The third-order valence-electron chi connectivity index (χ3n) is 2.33. The van der Waals surface area contributed by atoms with Crippen molar-refractivity contribution in [3.63, 3.8) is 0 Å². The molecule has 3 nitrogen and oxygen atoms in total. The normalized spacial score (nSPS) is 23.6. The Morgan fingerprint density at radius 3 is 2.93 bits per heavy atom. The number of carbonyl (C=O) groups excluding carboxylic acids is 1. The third-order valence-corrected chi connectivity index (χ3v) is 2.33. The molecule has 1 atom stereocenters. The highest BCUT2D eigenvalue weighted by Crippen LogP contribution is 2.03. The van der Waals surface area contributed by atoms with Crippen molar-refractivity contribution in [1.82, 2.24) is 10.2 Å². The lowest BCUT2D eigenvalue weighted by Gasteiger charge is -2.33. The molecule has 1 heterocycles. The molecule has 1 unspecified atom stereocenters. The molecule has 1 saturated heterocycles. The van der Waals surface area contributed by atoms with E-state index in [1.807, 2.05) is 24.0 Å². The van der Waals surface area contributed by atoms with Crippen molar-refractivity contribution < 1.29 is 4.79 Å². The van der Waals surface area contributed by atoms with E-state index < -0.39 is 0 Å². The van der Waals surface area contributed by atoms with E-state index in [0.29, 0.717) is 6.04 Å². The van der Waals surface area contributed by atoms with Crippen molar-refractivity contribution in [2.75, 3.05) is 19.6 Å². The quantitative estimate of drug-likeness (QED) is 0.524. The number of rotatable bonds is 2. The van der Waals surface area contributed by atoms with Crippen LogP contribution in [0.2, 0.25) is 0 Å². The van der Waals surface area contributed by atoms with Crippen LogP contribution in [0.15, 0.2) is 24.3 Å². The standard InChI is InChI=1S/C11H18N2O/c1-3-4-5-6-11(14)13-8-7-12-9-10(13)2/h3-6,10,12H,7-9H2,1-2H3/b4-3+,6-5+. The van der Waals surface area contributed by atoms with E-state index in [1.165, 1.54) is 0 Å². The number of allylic oxidation sites excluding steroid dienone is 3. The molecule has 0 spiro atoms. The minimum absolute atomic E-state index is 0.108. The Balaban J connectivity index is 2.50. The summed E-state index contributed by atoms with van der Waals surface area (Å²) in [5, 5.41) is 3.25. The fraction of sp³-hybridized carbons (Fsp3) is 0.545. The first kappa shape index (κ1) is 11.0. The largest absolute Gasteiger partial charge is 0.334 e. The van der Waals surface area contributed by atoms with E-state index in [-0.39, 0.29) is 5.91 Å². The summed E-state index contributed by atoms with van der Waals surface area (Å²) in [7, 11) is 0. The maximum atomic E-state index is 11.7. The van der Waals surface area contributed by atoms with Crippen molar-refractivity contribution in [1.29, 1.82) is 0 Å². The molecule has 1 fully saturated rings. The van der Waals surface area contributed by atoms with Gasteiger partial charge in [0.15, 0.2) is 0 Å². The molecule has 3 heteroatoms. The lowest BCUT2D eigenvalue weighted by Crippen LogP contribution is -2.51. The smallest absolute Gasteiger partial charge is 0.246 e. The van der Waals surface area contributed by atoms with Gasteiger partial charge in [-0.2, -0.15) is 0 Å². The average molecular weight is 194 g/mol. The highest BCUT2D eigenvalue weighted by molar-refractivity contribution is 5.88. The van der Waals surface area contributed by atoms with E-state index in [0.717, 1.165) is 19.6 Å². The highest BCUT2D eigenvalue weighted by Gasteiger charge is 2.20. The average Bonchev–Trinajstić information content (AvgIpc) is 2.18. The minimum Gasteiger partial charge on any atom is -0.334 e. The van der Waals surface area contributed by atoms with Crippen LogP contribution in [0.4, 0.5) is 0 Å². The molecule has 1 rings (SSSR count). The summed E-state index contributed by atoms with van der Waals surface area (Å²) >= 11 is 0. The van der Waals surface area contributed by atoms with Crippen LogP contribution in [0.1, 0.15) is 13.8 Å². The molecule has 1 amide bonds. The summed E-state index contributed by atoms with van der Waals surface area (Å²) in [5.74, 6) is 0.108. The van der Waals surface area contributed by atoms with Crippen LogP contribution in [-0.4, -0.2) is 36.5 Å². The molecule has 1 aliphatic heterocycles. The zero-order chi connectivity index (χ0) is 10.4. The summed E-state index contributed by atoms with van der Waals surface area (Å²) < 4.78 is 0. The van der Waals surface area contributed by atoms with Crippen molar-refractivity contribution in [3.8, 4) is 0 Å². The first-order chi connectivity index (χ1) is 6.75. The Labute approximate surface area is 85.5 Å². The van der Waals surface area contributed by atoms with Crippen LogP contribution >= 0.6 is 0 Å². The maximum absolute atomic E-state index is 11.7. The Hall–Kier alpha value is -1.09. The molecule has 0 aliphatic carbocycles. The Morgan fingerprint density at radius 2 is 2.29 bits per heavy atom. The van der Waals surface area contributed by atoms with Gasteiger partial charge in [-0.05, 0) is 13.8 Å². The van der Waals surface area contributed by atoms with E-state index in [2.05, 4.69) is 12.2 Å². The molecule has 1 N–H and O–H groups in total. The predicted octanol–water partition coefficient (Wildman–Crippen LogP) is 0.939. The Bertz CT molecular complexity index is 246. The first-order valence-corrected chi connectivity index (χ1v) is 5.06. The lowest BCUT2D eigenvalue weighted by atomic mass is 10.2. The summed E-state index contributed by atoms with van der Waals surface area (Å²) in [6.45, 7) is 6.59.